The molecule has 1 aromatic rings. The Bertz CT molecular complexity index is 365. The second-order valence-electron chi connectivity index (χ2n) is 4.32. The molecule has 0 saturated heterocycles. The van der Waals surface area contributed by atoms with E-state index in [9.17, 15) is 0 Å². The highest BCUT2D eigenvalue weighted by molar-refractivity contribution is 14.0. The summed E-state index contributed by atoms with van der Waals surface area (Å²) in [5.41, 5.74) is 6.93. The minimum Gasteiger partial charge on any atom is -0.508 e. The summed E-state index contributed by atoms with van der Waals surface area (Å²) in [4.78, 5) is 4.26. The monoisotopic (exact) mass is 377 g/mol. The molecule has 5 heteroatoms. The van der Waals surface area contributed by atoms with Crippen LogP contribution >= 0.6 is 24.0 Å². The van der Waals surface area contributed by atoms with E-state index < -0.39 is 0 Å². The number of hydrogen-bond donors (Lipinski definition) is 3. The van der Waals surface area contributed by atoms with Crippen LogP contribution in [0.25, 0.3) is 0 Å². The number of aromatic hydroxyl groups is 1. The van der Waals surface area contributed by atoms with Gasteiger partial charge in [0, 0.05) is 13.1 Å². The zero-order valence-corrected chi connectivity index (χ0v) is 13.8. The number of unbranched alkanes of at least 4 members (excludes halogenated alkanes) is 1. The topological polar surface area (TPSA) is 70.6 Å². The molecular weight excluding hydrogens is 353 g/mol. The number of phenolic OH excluding ortho intramolecular Hbond substituents is 1. The first-order valence-electron chi connectivity index (χ1n) is 6.54. The average Bonchev–Trinajstić information content (AvgIpc) is 2.37. The first-order valence-corrected chi connectivity index (χ1v) is 6.54. The third-order valence-electron chi connectivity index (χ3n) is 2.68. The molecule has 0 unspecified atom stereocenters. The fourth-order valence-corrected chi connectivity index (χ4v) is 1.59. The number of halogens is 1. The fourth-order valence-electron chi connectivity index (χ4n) is 1.59. The van der Waals surface area contributed by atoms with Crippen molar-refractivity contribution in [3.8, 4) is 5.75 Å². The molecule has 0 heterocycles. The number of aliphatic imine (C=N–C) groups is 1. The molecule has 0 amide bonds. The quantitative estimate of drug-likeness (QED) is 0.296. The van der Waals surface area contributed by atoms with Crippen molar-refractivity contribution in [2.24, 2.45) is 10.7 Å². The molecule has 108 valence electrons. The number of aryl methyl sites for hydroxylation is 1. The highest BCUT2D eigenvalue weighted by Gasteiger charge is 1.94. The number of benzene rings is 1. The van der Waals surface area contributed by atoms with E-state index in [1.165, 1.54) is 5.56 Å². The zero-order chi connectivity index (χ0) is 13.2. The van der Waals surface area contributed by atoms with Crippen molar-refractivity contribution in [1.82, 2.24) is 5.32 Å². The highest BCUT2D eigenvalue weighted by Crippen LogP contribution is 2.10. The van der Waals surface area contributed by atoms with Crippen LogP contribution in [0.15, 0.2) is 29.3 Å². The minimum absolute atomic E-state index is 0. The van der Waals surface area contributed by atoms with Crippen LogP contribution in [0.4, 0.5) is 0 Å². The third-order valence-corrected chi connectivity index (χ3v) is 2.68. The second-order valence-corrected chi connectivity index (χ2v) is 4.32. The van der Waals surface area contributed by atoms with Crippen LogP contribution in [0.1, 0.15) is 31.7 Å². The molecule has 4 N–H and O–H groups in total. The van der Waals surface area contributed by atoms with E-state index in [0.29, 0.717) is 11.7 Å². The Kier molecular flexibility index (Phi) is 10.3. The highest BCUT2D eigenvalue weighted by atomic mass is 127. The predicted octanol–water partition coefficient (Wildman–Crippen LogP) is 2.65. The molecule has 0 saturated carbocycles. The molecule has 0 aliphatic heterocycles. The fraction of sp³-hybridized carbons (Fsp3) is 0.500. The van der Waals surface area contributed by atoms with Gasteiger partial charge < -0.3 is 16.2 Å². The molecule has 1 rings (SSSR count). The van der Waals surface area contributed by atoms with Gasteiger partial charge in [0.05, 0.1) is 0 Å². The van der Waals surface area contributed by atoms with E-state index in [0.717, 1.165) is 38.8 Å². The molecule has 0 aliphatic carbocycles. The molecule has 1 aromatic carbocycles. The lowest BCUT2D eigenvalue weighted by atomic mass is 10.1. The summed E-state index contributed by atoms with van der Waals surface area (Å²) < 4.78 is 0. The number of nitrogens with two attached hydrogens (primary N) is 1. The SMILES string of the molecule is CCCCNC(N)=NCCCc1ccc(O)cc1.I. The first-order chi connectivity index (χ1) is 8.72. The van der Waals surface area contributed by atoms with Crippen LogP contribution in [-0.2, 0) is 6.42 Å². The average molecular weight is 377 g/mol. The summed E-state index contributed by atoms with van der Waals surface area (Å²) in [5.74, 6) is 0.843. The van der Waals surface area contributed by atoms with E-state index in [1.54, 1.807) is 12.1 Å². The van der Waals surface area contributed by atoms with Crippen molar-refractivity contribution in [3.63, 3.8) is 0 Å². The van der Waals surface area contributed by atoms with E-state index in [4.69, 9.17) is 10.8 Å². The van der Waals surface area contributed by atoms with E-state index in [-0.39, 0.29) is 24.0 Å². The minimum atomic E-state index is 0. The van der Waals surface area contributed by atoms with Gasteiger partial charge in [-0.05, 0) is 37.0 Å². The summed E-state index contributed by atoms with van der Waals surface area (Å²) in [6.45, 7) is 3.77. The molecule has 0 aliphatic rings. The normalized spacial score (nSPS) is 10.9. The maximum absolute atomic E-state index is 9.16. The largest absolute Gasteiger partial charge is 0.508 e. The van der Waals surface area contributed by atoms with E-state index in [1.807, 2.05) is 12.1 Å². The van der Waals surface area contributed by atoms with Gasteiger partial charge in [-0.1, -0.05) is 25.5 Å². The van der Waals surface area contributed by atoms with Crippen molar-refractivity contribution in [3.05, 3.63) is 29.8 Å². The zero-order valence-electron chi connectivity index (χ0n) is 11.4. The second kappa shape index (κ2) is 10.9. The van der Waals surface area contributed by atoms with Gasteiger partial charge >= 0.3 is 0 Å². The van der Waals surface area contributed by atoms with Crippen LogP contribution < -0.4 is 11.1 Å². The first kappa shape index (κ1) is 18.0. The number of nitrogens with one attached hydrogen (secondary N) is 1. The van der Waals surface area contributed by atoms with Crippen molar-refractivity contribution >= 4 is 29.9 Å². The van der Waals surface area contributed by atoms with Crippen molar-refractivity contribution in [2.75, 3.05) is 13.1 Å². The maximum atomic E-state index is 9.16. The van der Waals surface area contributed by atoms with Crippen LogP contribution in [0.5, 0.6) is 5.75 Å². The Morgan fingerprint density at radius 1 is 1.26 bits per heavy atom. The van der Waals surface area contributed by atoms with Crippen molar-refractivity contribution in [1.29, 1.82) is 0 Å². The van der Waals surface area contributed by atoms with Gasteiger partial charge in [0.25, 0.3) is 0 Å². The summed E-state index contributed by atoms with van der Waals surface area (Å²) >= 11 is 0. The lowest BCUT2D eigenvalue weighted by Crippen LogP contribution is -2.32. The Balaban J connectivity index is 0.00000324. The Morgan fingerprint density at radius 3 is 2.58 bits per heavy atom. The molecule has 4 nitrogen and oxygen atoms in total. The van der Waals surface area contributed by atoms with E-state index >= 15 is 0 Å². The van der Waals surface area contributed by atoms with Gasteiger partial charge in [-0.3, -0.25) is 4.99 Å². The molecule has 0 spiro atoms. The third kappa shape index (κ3) is 8.69. The standard InChI is InChI=1S/C14H23N3O.HI/c1-2-3-10-16-14(15)17-11-4-5-12-6-8-13(18)9-7-12;/h6-9,18H,2-5,10-11H2,1H3,(H3,15,16,17);1H. The van der Waals surface area contributed by atoms with Gasteiger partial charge in [0.2, 0.25) is 0 Å². The molecular formula is C14H24IN3O. The van der Waals surface area contributed by atoms with Crippen molar-refractivity contribution in [2.45, 2.75) is 32.6 Å². The molecule has 0 bridgehead atoms. The number of guanidine groups is 1. The number of phenols is 1. The number of nitrogens with zero attached hydrogens (tertiary/aromatic N) is 1. The Morgan fingerprint density at radius 2 is 1.95 bits per heavy atom. The van der Waals surface area contributed by atoms with Crippen LogP contribution in [0.3, 0.4) is 0 Å². The molecule has 0 radical (unpaired) electrons. The Labute approximate surface area is 132 Å². The summed E-state index contributed by atoms with van der Waals surface area (Å²) in [6, 6.07) is 7.28. The van der Waals surface area contributed by atoms with Gasteiger partial charge in [-0.15, -0.1) is 24.0 Å². The molecule has 19 heavy (non-hydrogen) atoms. The van der Waals surface area contributed by atoms with Crippen LogP contribution in [0, 0.1) is 0 Å². The summed E-state index contributed by atoms with van der Waals surface area (Å²) in [6.07, 6.45) is 4.18. The molecule has 0 atom stereocenters. The van der Waals surface area contributed by atoms with Gasteiger partial charge in [-0.25, -0.2) is 0 Å². The maximum Gasteiger partial charge on any atom is 0.188 e. The van der Waals surface area contributed by atoms with Crippen molar-refractivity contribution < 1.29 is 5.11 Å². The molecule has 0 aromatic heterocycles. The van der Waals surface area contributed by atoms with Crippen LogP contribution in [-0.4, -0.2) is 24.2 Å². The predicted molar refractivity (Wildman–Crippen MR) is 91.2 cm³/mol. The smallest absolute Gasteiger partial charge is 0.188 e. The number of rotatable bonds is 7. The lowest BCUT2D eigenvalue weighted by molar-refractivity contribution is 0.475. The van der Waals surface area contributed by atoms with Crippen LogP contribution in [0.2, 0.25) is 0 Å². The Hall–Kier alpha value is -0.980. The summed E-state index contributed by atoms with van der Waals surface area (Å²) in [7, 11) is 0. The van der Waals surface area contributed by atoms with Gasteiger partial charge in [0.1, 0.15) is 5.75 Å². The molecule has 0 fully saturated rings. The van der Waals surface area contributed by atoms with Gasteiger partial charge in [0.15, 0.2) is 5.96 Å². The lowest BCUT2D eigenvalue weighted by Gasteiger charge is -2.04. The number of hydrogen-bond acceptors (Lipinski definition) is 2. The van der Waals surface area contributed by atoms with Gasteiger partial charge in [-0.2, -0.15) is 0 Å². The van der Waals surface area contributed by atoms with E-state index in [2.05, 4.69) is 17.2 Å². The summed E-state index contributed by atoms with van der Waals surface area (Å²) in [5, 5.41) is 12.2.